The zero-order chi connectivity index (χ0) is 31.5. The van der Waals surface area contributed by atoms with Gasteiger partial charge in [0.2, 0.25) is 17.7 Å². The lowest BCUT2D eigenvalue weighted by atomic mass is 10.0. The minimum Gasteiger partial charge on any atom is -0.461 e. The summed E-state index contributed by atoms with van der Waals surface area (Å²) >= 11 is 0. The zero-order valence-corrected chi connectivity index (χ0v) is 25.5. The molecule has 13 nitrogen and oxygen atoms in total. The van der Waals surface area contributed by atoms with Gasteiger partial charge < -0.3 is 36.5 Å². The molecule has 1 aromatic carbocycles. The van der Waals surface area contributed by atoms with E-state index in [-0.39, 0.29) is 50.8 Å². The van der Waals surface area contributed by atoms with Gasteiger partial charge in [-0.15, -0.1) is 0 Å². The number of nitrogens with zero attached hydrogens (tertiary/aromatic N) is 1. The van der Waals surface area contributed by atoms with Crippen LogP contribution in [0.3, 0.4) is 0 Å². The van der Waals surface area contributed by atoms with Gasteiger partial charge in [-0.1, -0.05) is 26.0 Å². The highest BCUT2D eigenvalue weighted by Gasteiger charge is 2.23. The predicted molar refractivity (Wildman–Crippen MR) is 159 cm³/mol. The maximum Gasteiger partial charge on any atom is 0.312 e. The molecule has 1 aromatic rings. The van der Waals surface area contributed by atoms with Crippen molar-refractivity contribution in [2.75, 3.05) is 38.7 Å². The van der Waals surface area contributed by atoms with Gasteiger partial charge in [-0.2, -0.15) is 0 Å². The SMILES string of the molecule is CCCN(C)COC(C)(C)CCC(=O)NCC(=O)NC(CCCNC(N)=O)C(=O)Nc1ccc(COC(=O)CC)cc1. The average Bonchev–Trinajstić information content (AvgIpc) is 2.95. The van der Waals surface area contributed by atoms with Crippen LogP contribution in [0.2, 0.25) is 0 Å². The second kappa shape index (κ2) is 19.4. The first-order valence-electron chi connectivity index (χ1n) is 14.3. The molecule has 0 spiro atoms. The number of urea groups is 1. The first-order chi connectivity index (χ1) is 19.8. The van der Waals surface area contributed by atoms with Crippen molar-refractivity contribution in [1.82, 2.24) is 20.9 Å². The molecule has 0 aliphatic rings. The van der Waals surface area contributed by atoms with Crippen molar-refractivity contribution >= 4 is 35.4 Å². The fourth-order valence-corrected chi connectivity index (χ4v) is 3.70. The lowest BCUT2D eigenvalue weighted by molar-refractivity contribution is -0.144. The van der Waals surface area contributed by atoms with E-state index in [1.165, 1.54) is 0 Å². The van der Waals surface area contributed by atoms with E-state index in [9.17, 15) is 24.0 Å². The number of benzene rings is 1. The Bertz CT molecular complexity index is 1020. The van der Waals surface area contributed by atoms with Gasteiger partial charge in [0.05, 0.1) is 18.9 Å². The second-order valence-corrected chi connectivity index (χ2v) is 10.6. The first-order valence-corrected chi connectivity index (χ1v) is 14.3. The van der Waals surface area contributed by atoms with Gasteiger partial charge in [0.15, 0.2) is 0 Å². The molecule has 0 radical (unpaired) electrons. The number of carbonyl (C=O) groups excluding carboxylic acids is 5. The largest absolute Gasteiger partial charge is 0.461 e. The highest BCUT2D eigenvalue weighted by molar-refractivity contribution is 5.97. The van der Waals surface area contributed by atoms with E-state index in [0.29, 0.717) is 25.3 Å². The van der Waals surface area contributed by atoms with Crippen LogP contribution in [0, 0.1) is 0 Å². The molecular formula is C29H48N6O7. The first kappa shape index (κ1) is 36.3. The van der Waals surface area contributed by atoms with Crippen molar-refractivity contribution in [2.45, 2.75) is 84.5 Å². The molecule has 0 fully saturated rings. The number of hydrogen-bond acceptors (Lipinski definition) is 8. The summed E-state index contributed by atoms with van der Waals surface area (Å²) < 4.78 is 11.0. The van der Waals surface area contributed by atoms with E-state index in [1.807, 2.05) is 20.9 Å². The number of amides is 5. The van der Waals surface area contributed by atoms with Gasteiger partial charge in [-0.05, 0) is 70.8 Å². The van der Waals surface area contributed by atoms with Gasteiger partial charge in [-0.25, -0.2) is 4.79 Å². The smallest absolute Gasteiger partial charge is 0.312 e. The molecular weight excluding hydrogens is 544 g/mol. The van der Waals surface area contributed by atoms with Crippen molar-refractivity contribution in [3.05, 3.63) is 29.8 Å². The van der Waals surface area contributed by atoms with Crippen LogP contribution in [-0.4, -0.2) is 79.7 Å². The molecule has 0 heterocycles. The summed E-state index contributed by atoms with van der Waals surface area (Å²) in [6.07, 6.45) is 2.53. The number of carbonyl (C=O) groups is 5. The molecule has 6 N–H and O–H groups in total. The molecule has 236 valence electrons. The Labute approximate surface area is 248 Å². The lowest BCUT2D eigenvalue weighted by Gasteiger charge is -2.28. The molecule has 5 amide bonds. The van der Waals surface area contributed by atoms with Gasteiger partial charge in [0, 0.05) is 25.1 Å². The standard InChI is InChI=1S/C29H48N6O7/c1-6-17-35(5)20-42-29(3,4)15-14-24(36)32-18-25(37)34-23(9-8-16-31-28(30)40)27(39)33-22-12-10-21(11-13-22)19-41-26(38)7-2/h10-13,23H,6-9,14-20H2,1-5H3,(H,32,36)(H,33,39)(H,34,37)(H3,30,31,40). The van der Waals surface area contributed by atoms with Gasteiger partial charge in [0.1, 0.15) is 12.6 Å². The average molecular weight is 593 g/mol. The fraction of sp³-hybridized carbons (Fsp3) is 0.621. The van der Waals surface area contributed by atoms with Crippen molar-refractivity contribution < 1.29 is 33.4 Å². The molecule has 1 unspecified atom stereocenters. The zero-order valence-electron chi connectivity index (χ0n) is 25.5. The van der Waals surface area contributed by atoms with Crippen molar-refractivity contribution in [3.63, 3.8) is 0 Å². The summed E-state index contributed by atoms with van der Waals surface area (Å²) in [5.41, 5.74) is 5.82. The quantitative estimate of drug-likeness (QED) is 0.0866. The van der Waals surface area contributed by atoms with Crippen LogP contribution in [-0.2, 0) is 35.3 Å². The van der Waals surface area contributed by atoms with Gasteiger partial charge in [-0.3, -0.25) is 24.1 Å². The third-order valence-corrected chi connectivity index (χ3v) is 6.21. The van der Waals surface area contributed by atoms with Gasteiger partial charge in [0.25, 0.3) is 0 Å². The van der Waals surface area contributed by atoms with Crippen LogP contribution < -0.4 is 27.0 Å². The summed E-state index contributed by atoms with van der Waals surface area (Å²) in [5.74, 6) is -1.61. The Morgan fingerprint density at radius 1 is 1.02 bits per heavy atom. The van der Waals surface area contributed by atoms with Crippen LogP contribution in [0.1, 0.15) is 71.8 Å². The van der Waals surface area contributed by atoms with Crippen LogP contribution in [0.5, 0.6) is 0 Å². The molecule has 42 heavy (non-hydrogen) atoms. The maximum atomic E-state index is 13.0. The topological polar surface area (TPSA) is 181 Å². The molecule has 1 atom stereocenters. The Hall–Kier alpha value is -3.71. The van der Waals surface area contributed by atoms with E-state index in [4.69, 9.17) is 15.2 Å². The molecule has 1 rings (SSSR count). The van der Waals surface area contributed by atoms with Crippen LogP contribution in [0.15, 0.2) is 24.3 Å². The molecule has 0 aromatic heterocycles. The van der Waals surface area contributed by atoms with E-state index in [0.717, 1.165) is 18.5 Å². The number of ether oxygens (including phenoxy) is 2. The Morgan fingerprint density at radius 2 is 1.71 bits per heavy atom. The monoisotopic (exact) mass is 592 g/mol. The maximum absolute atomic E-state index is 13.0. The number of esters is 1. The van der Waals surface area contributed by atoms with E-state index < -0.39 is 29.5 Å². The summed E-state index contributed by atoms with van der Waals surface area (Å²) in [6.45, 7) is 9.05. The number of nitrogens with one attached hydrogen (secondary N) is 4. The lowest BCUT2D eigenvalue weighted by Crippen LogP contribution is -2.48. The molecule has 0 aliphatic heterocycles. The third kappa shape index (κ3) is 16.5. The second-order valence-electron chi connectivity index (χ2n) is 10.6. The fourth-order valence-electron chi connectivity index (χ4n) is 3.70. The molecule has 13 heteroatoms. The summed E-state index contributed by atoms with van der Waals surface area (Å²) in [6, 6.07) is 5.14. The highest BCUT2D eigenvalue weighted by atomic mass is 16.5. The Morgan fingerprint density at radius 3 is 2.33 bits per heavy atom. The van der Waals surface area contributed by atoms with E-state index >= 15 is 0 Å². The predicted octanol–water partition coefficient (Wildman–Crippen LogP) is 2.00. The van der Waals surface area contributed by atoms with Crippen LogP contribution in [0.25, 0.3) is 0 Å². The Balaban J connectivity index is 2.63. The van der Waals surface area contributed by atoms with E-state index in [2.05, 4.69) is 33.1 Å². The molecule has 0 aliphatic carbocycles. The number of primary amides is 1. The minimum atomic E-state index is -0.929. The van der Waals surface area contributed by atoms with Crippen molar-refractivity contribution in [1.29, 1.82) is 0 Å². The molecule has 0 saturated carbocycles. The molecule has 0 bridgehead atoms. The number of nitrogens with two attached hydrogens (primary N) is 1. The number of anilines is 1. The summed E-state index contributed by atoms with van der Waals surface area (Å²) in [5, 5.41) is 10.4. The van der Waals surface area contributed by atoms with E-state index in [1.54, 1.807) is 31.2 Å². The van der Waals surface area contributed by atoms with Gasteiger partial charge >= 0.3 is 12.0 Å². The minimum absolute atomic E-state index is 0.124. The molecule has 0 saturated heterocycles. The normalized spacial score (nSPS) is 11.9. The highest BCUT2D eigenvalue weighted by Crippen LogP contribution is 2.17. The summed E-state index contributed by atoms with van der Waals surface area (Å²) in [4.78, 5) is 62.4. The van der Waals surface area contributed by atoms with Crippen molar-refractivity contribution in [3.8, 4) is 0 Å². The third-order valence-electron chi connectivity index (χ3n) is 6.21. The number of rotatable bonds is 20. The van der Waals surface area contributed by atoms with Crippen LogP contribution in [0.4, 0.5) is 10.5 Å². The summed E-state index contributed by atoms with van der Waals surface area (Å²) in [7, 11) is 1.97. The van der Waals surface area contributed by atoms with Crippen molar-refractivity contribution in [2.24, 2.45) is 5.73 Å². The Kier molecular flexibility index (Phi) is 16.8. The van der Waals surface area contributed by atoms with Crippen LogP contribution >= 0.6 is 0 Å². The number of hydrogen-bond donors (Lipinski definition) is 5.